The summed E-state index contributed by atoms with van der Waals surface area (Å²) in [7, 11) is 1.63. The van der Waals surface area contributed by atoms with Crippen molar-refractivity contribution in [2.24, 2.45) is 0 Å². The van der Waals surface area contributed by atoms with Crippen LogP contribution in [0.3, 0.4) is 0 Å². The van der Waals surface area contributed by atoms with Gasteiger partial charge in [-0.1, -0.05) is 84.9 Å². The highest BCUT2D eigenvalue weighted by molar-refractivity contribution is 5.92. The number of nitrogens with one attached hydrogen (secondary N) is 1. The molecule has 214 valence electrons. The van der Waals surface area contributed by atoms with Crippen molar-refractivity contribution in [2.45, 2.75) is 31.7 Å². The van der Waals surface area contributed by atoms with Gasteiger partial charge in [-0.15, -0.1) is 0 Å². The SMILES string of the molecule is [2H]C([2H])(c1ccc(O)cc1)[C@H]1C(=O)N(Cc2cccc3ccccc23)C[C@H]2N1C(=O)CN(C)N2C(=O)NCc1ccccc1. The molecule has 2 heterocycles. The number of hydrogen-bond donors (Lipinski definition) is 2. The summed E-state index contributed by atoms with van der Waals surface area (Å²) in [6.45, 7) is 0.179. The standard InChI is InChI=1S/C33H33N5O4/c1-35-22-31(40)37-29(18-23-14-16-27(39)17-15-23)32(41)36(20-26-12-7-11-25-10-5-6-13-28(25)26)21-30(37)38(35)33(42)34-19-24-8-3-2-4-9-24/h2-17,29-30,39H,18-22H2,1H3,(H,34,42)/t29-,30-/m0/s1/i18D2. The molecule has 2 saturated heterocycles. The van der Waals surface area contributed by atoms with Crippen LogP contribution in [0, 0.1) is 0 Å². The highest BCUT2D eigenvalue weighted by atomic mass is 16.3. The highest BCUT2D eigenvalue weighted by Gasteiger charge is 2.50. The molecule has 4 aromatic carbocycles. The Kier molecular flexibility index (Phi) is 6.83. The molecular formula is C33H33N5O4. The molecule has 0 radical (unpaired) electrons. The number of hydrazine groups is 1. The molecule has 4 amide bonds. The lowest BCUT2D eigenvalue weighted by Gasteiger charge is -2.54. The Labute approximate surface area is 247 Å². The monoisotopic (exact) mass is 565 g/mol. The Morgan fingerprint density at radius 3 is 2.43 bits per heavy atom. The number of hydrogen-bond acceptors (Lipinski definition) is 5. The third-order valence-electron chi connectivity index (χ3n) is 7.74. The van der Waals surface area contributed by atoms with Crippen molar-refractivity contribution in [3.8, 4) is 5.75 Å². The third kappa shape index (κ3) is 5.38. The number of carbonyl (C=O) groups excluding carboxylic acids is 3. The molecule has 0 unspecified atom stereocenters. The molecule has 4 aromatic rings. The van der Waals surface area contributed by atoms with Crippen LogP contribution in [0.2, 0.25) is 0 Å². The van der Waals surface area contributed by atoms with Gasteiger partial charge < -0.3 is 20.2 Å². The first kappa shape index (κ1) is 24.9. The number of amides is 4. The number of urea groups is 1. The zero-order valence-electron chi connectivity index (χ0n) is 25.2. The largest absolute Gasteiger partial charge is 0.508 e. The maximum absolute atomic E-state index is 14.3. The van der Waals surface area contributed by atoms with Crippen molar-refractivity contribution in [2.75, 3.05) is 20.1 Å². The number of aromatic hydroxyl groups is 1. The van der Waals surface area contributed by atoms with Crippen LogP contribution in [0.4, 0.5) is 4.79 Å². The molecule has 9 nitrogen and oxygen atoms in total. The number of carbonyl (C=O) groups is 3. The summed E-state index contributed by atoms with van der Waals surface area (Å²) in [4.78, 5) is 44.5. The fourth-order valence-corrected chi connectivity index (χ4v) is 5.70. The van der Waals surface area contributed by atoms with Crippen LogP contribution in [0.1, 0.15) is 19.4 Å². The van der Waals surface area contributed by atoms with Crippen LogP contribution in [0.15, 0.2) is 97.1 Å². The van der Waals surface area contributed by atoms with Crippen LogP contribution >= 0.6 is 0 Å². The van der Waals surface area contributed by atoms with Crippen LogP contribution in [0.5, 0.6) is 5.75 Å². The summed E-state index contributed by atoms with van der Waals surface area (Å²) < 4.78 is 18.4. The minimum atomic E-state index is -2.35. The normalized spacial score (nSPS) is 20.3. The number of nitrogens with zero attached hydrogens (tertiary/aromatic N) is 4. The second-order valence-electron chi connectivity index (χ2n) is 10.5. The Hall–Kier alpha value is -4.89. The van der Waals surface area contributed by atoms with Gasteiger partial charge in [0.15, 0.2) is 0 Å². The molecule has 42 heavy (non-hydrogen) atoms. The smallest absolute Gasteiger partial charge is 0.334 e. The van der Waals surface area contributed by atoms with E-state index in [4.69, 9.17) is 0 Å². The number of rotatable bonds is 6. The topological polar surface area (TPSA) is 96.4 Å². The van der Waals surface area contributed by atoms with Crippen LogP contribution in [-0.4, -0.2) is 75.1 Å². The number of piperazine rings is 1. The van der Waals surface area contributed by atoms with Crippen LogP contribution in [0.25, 0.3) is 10.8 Å². The average Bonchev–Trinajstić information content (AvgIpc) is 3.01. The van der Waals surface area contributed by atoms with Gasteiger partial charge in [0.1, 0.15) is 18.0 Å². The predicted octanol–water partition coefficient (Wildman–Crippen LogP) is 3.73. The number of phenols is 1. The molecule has 0 saturated carbocycles. The molecule has 0 spiro atoms. The van der Waals surface area contributed by atoms with Crippen molar-refractivity contribution < 1.29 is 22.2 Å². The maximum atomic E-state index is 14.3. The van der Waals surface area contributed by atoms with E-state index in [1.807, 2.05) is 72.8 Å². The molecule has 2 fully saturated rings. The van der Waals surface area contributed by atoms with Crippen molar-refractivity contribution in [1.29, 1.82) is 0 Å². The van der Waals surface area contributed by atoms with Gasteiger partial charge in [0, 0.05) is 29.3 Å². The van der Waals surface area contributed by atoms with E-state index in [0.29, 0.717) is 0 Å². The highest BCUT2D eigenvalue weighted by Crippen LogP contribution is 2.30. The lowest BCUT2D eigenvalue weighted by atomic mass is 9.97. The summed E-state index contributed by atoms with van der Waals surface area (Å²) in [6, 6.07) is 26.5. The average molecular weight is 566 g/mol. The molecule has 2 aliphatic rings. The fourth-order valence-electron chi connectivity index (χ4n) is 5.70. The molecule has 2 N–H and O–H groups in total. The zero-order valence-corrected chi connectivity index (χ0v) is 23.2. The zero-order chi connectivity index (χ0) is 31.0. The number of likely N-dealkylation sites (N-methyl/N-ethyl adjacent to an activating group) is 1. The Morgan fingerprint density at radius 1 is 0.929 bits per heavy atom. The molecule has 6 rings (SSSR count). The Morgan fingerprint density at radius 2 is 1.64 bits per heavy atom. The molecule has 2 aliphatic heterocycles. The lowest BCUT2D eigenvalue weighted by molar-refractivity contribution is -0.187. The second-order valence-corrected chi connectivity index (χ2v) is 10.5. The number of benzene rings is 4. The molecule has 9 heteroatoms. The second kappa shape index (κ2) is 11.5. The van der Waals surface area contributed by atoms with E-state index >= 15 is 0 Å². The van der Waals surface area contributed by atoms with Gasteiger partial charge in [0.2, 0.25) is 11.8 Å². The van der Waals surface area contributed by atoms with Crippen molar-refractivity contribution >= 4 is 28.6 Å². The first-order chi connectivity index (χ1) is 21.1. The van der Waals surface area contributed by atoms with E-state index in [1.54, 1.807) is 7.05 Å². The van der Waals surface area contributed by atoms with Gasteiger partial charge in [-0.05, 0) is 39.6 Å². The van der Waals surface area contributed by atoms with E-state index in [0.717, 1.165) is 21.9 Å². The van der Waals surface area contributed by atoms with Crippen LogP contribution in [-0.2, 0) is 29.1 Å². The van der Waals surface area contributed by atoms with Gasteiger partial charge in [-0.25, -0.2) is 14.8 Å². The minimum Gasteiger partial charge on any atom is -0.508 e. The van der Waals surface area contributed by atoms with Crippen molar-refractivity contribution in [3.05, 3.63) is 114 Å². The summed E-state index contributed by atoms with van der Waals surface area (Å²) in [5.74, 6) is -1.07. The summed E-state index contributed by atoms with van der Waals surface area (Å²) in [5, 5.41) is 17.7. The predicted molar refractivity (Wildman–Crippen MR) is 159 cm³/mol. The van der Waals surface area contributed by atoms with Gasteiger partial charge in [0.05, 0.1) is 13.1 Å². The van der Waals surface area contributed by atoms with Crippen molar-refractivity contribution in [3.63, 3.8) is 0 Å². The first-order valence-electron chi connectivity index (χ1n) is 14.8. The molecule has 0 aliphatic carbocycles. The van der Waals surface area contributed by atoms with E-state index in [9.17, 15) is 22.2 Å². The van der Waals surface area contributed by atoms with Gasteiger partial charge in [-0.3, -0.25) is 9.59 Å². The Balaban J connectivity index is 1.40. The van der Waals surface area contributed by atoms with Crippen LogP contribution < -0.4 is 5.32 Å². The quantitative estimate of drug-likeness (QED) is 0.372. The summed E-state index contributed by atoms with van der Waals surface area (Å²) in [5.41, 5.74) is 1.89. The van der Waals surface area contributed by atoms with E-state index < -0.39 is 36.4 Å². The lowest BCUT2D eigenvalue weighted by Crippen LogP contribution is -2.76. The van der Waals surface area contributed by atoms with E-state index in [-0.39, 0.29) is 37.5 Å². The molecule has 0 bridgehead atoms. The number of fused-ring (bicyclic) bond motifs is 2. The van der Waals surface area contributed by atoms with Gasteiger partial charge >= 0.3 is 6.03 Å². The minimum absolute atomic E-state index is 0.0148. The maximum Gasteiger partial charge on any atom is 0.334 e. The molecular weight excluding hydrogens is 530 g/mol. The van der Waals surface area contributed by atoms with E-state index in [1.165, 1.54) is 44.1 Å². The summed E-state index contributed by atoms with van der Waals surface area (Å²) >= 11 is 0. The van der Waals surface area contributed by atoms with Gasteiger partial charge in [0.25, 0.3) is 0 Å². The molecule has 2 atom stereocenters. The van der Waals surface area contributed by atoms with Crippen molar-refractivity contribution in [1.82, 2.24) is 25.1 Å². The molecule has 0 aromatic heterocycles. The Bertz CT molecular complexity index is 1700. The van der Waals surface area contributed by atoms with Gasteiger partial charge in [-0.2, -0.15) is 0 Å². The number of phenolic OH excluding ortho intramolecular Hbond substituents is 1. The fraction of sp³-hybridized carbons (Fsp3) is 0.242. The van der Waals surface area contributed by atoms with E-state index in [2.05, 4.69) is 5.32 Å². The summed E-state index contributed by atoms with van der Waals surface area (Å²) in [6.07, 6.45) is -3.32. The first-order valence-corrected chi connectivity index (χ1v) is 13.8. The third-order valence-corrected chi connectivity index (χ3v) is 7.74.